The van der Waals surface area contributed by atoms with Crippen molar-refractivity contribution in [3.8, 4) is 0 Å². The zero-order chi connectivity index (χ0) is 28.9. The number of nitrogens with one attached hydrogen (secondary N) is 1. The van der Waals surface area contributed by atoms with Crippen LogP contribution in [0.25, 0.3) is 10.8 Å². The lowest BCUT2D eigenvalue weighted by molar-refractivity contribution is -0.164. The van der Waals surface area contributed by atoms with Crippen molar-refractivity contribution in [2.75, 3.05) is 26.2 Å². The smallest absolute Gasteiger partial charge is 0.344 e. The number of quaternary nitrogens is 1. The van der Waals surface area contributed by atoms with E-state index in [1.807, 2.05) is 43.3 Å². The predicted molar refractivity (Wildman–Crippen MR) is 156 cm³/mol. The maximum Gasteiger partial charge on any atom is 0.344 e. The van der Waals surface area contributed by atoms with Gasteiger partial charge in [-0.3, -0.25) is 9.59 Å². The van der Waals surface area contributed by atoms with Crippen molar-refractivity contribution in [2.45, 2.75) is 53.2 Å². The van der Waals surface area contributed by atoms with Crippen LogP contribution in [0.3, 0.4) is 0 Å². The summed E-state index contributed by atoms with van der Waals surface area (Å²) in [5.41, 5.74) is 1.39. The largest absolute Gasteiger partial charge is 0.480 e. The number of hydrogen-bond donors (Lipinski definition) is 2. The van der Waals surface area contributed by atoms with E-state index in [9.17, 15) is 19.5 Å². The summed E-state index contributed by atoms with van der Waals surface area (Å²) in [5, 5.41) is 15.9. The fraction of sp³-hybridized carbons (Fsp3) is 0.424. The molecule has 1 saturated heterocycles. The topological polar surface area (TPSA) is 92.7 Å². The molecule has 40 heavy (non-hydrogen) atoms. The zero-order valence-electron chi connectivity index (χ0n) is 24.0. The summed E-state index contributed by atoms with van der Waals surface area (Å²) in [5.74, 6) is -1.86. The Morgan fingerprint density at radius 1 is 1.07 bits per heavy atom. The average molecular weight is 544 g/mol. The highest BCUT2D eigenvalue weighted by atomic mass is 16.5. The summed E-state index contributed by atoms with van der Waals surface area (Å²) in [4.78, 5) is 41.1. The average Bonchev–Trinajstić information content (AvgIpc) is 3.01. The van der Waals surface area contributed by atoms with Crippen molar-refractivity contribution in [2.24, 2.45) is 10.8 Å². The van der Waals surface area contributed by atoms with E-state index >= 15 is 0 Å². The van der Waals surface area contributed by atoms with Crippen molar-refractivity contribution < 1.29 is 24.2 Å². The summed E-state index contributed by atoms with van der Waals surface area (Å²) in [6.45, 7) is 10.1. The predicted octanol–water partition coefficient (Wildman–Crippen LogP) is 5.17. The van der Waals surface area contributed by atoms with E-state index in [0.29, 0.717) is 19.5 Å². The number of benzene rings is 3. The van der Waals surface area contributed by atoms with Crippen LogP contribution in [-0.4, -0.2) is 55.0 Å². The van der Waals surface area contributed by atoms with Gasteiger partial charge in [0.05, 0.1) is 6.54 Å². The van der Waals surface area contributed by atoms with Crippen LogP contribution >= 0.6 is 0 Å². The molecule has 3 aromatic rings. The Labute approximate surface area is 235 Å². The number of piperidine rings is 1. The number of carbonyl (C=O) groups excluding carboxylic acids is 2. The molecule has 0 bridgehead atoms. The summed E-state index contributed by atoms with van der Waals surface area (Å²) >= 11 is 0. The van der Waals surface area contributed by atoms with Crippen LogP contribution < -0.4 is 9.80 Å². The molecule has 0 spiro atoms. The minimum Gasteiger partial charge on any atom is -0.480 e. The molecule has 7 nitrogen and oxygen atoms in total. The maximum absolute atomic E-state index is 14.7. The van der Waals surface area contributed by atoms with E-state index in [-0.39, 0.29) is 29.0 Å². The van der Waals surface area contributed by atoms with Gasteiger partial charge in [-0.15, -0.1) is 0 Å². The third-order valence-corrected chi connectivity index (χ3v) is 8.65. The molecule has 0 radical (unpaired) electrons. The second-order valence-electron chi connectivity index (χ2n) is 12.6. The first kappa shape index (κ1) is 28.1. The van der Waals surface area contributed by atoms with Gasteiger partial charge in [0, 0.05) is 36.6 Å². The summed E-state index contributed by atoms with van der Waals surface area (Å²) < 4.78 is 6.29. The van der Waals surface area contributed by atoms with Gasteiger partial charge in [-0.2, -0.15) is 0 Å². The molecule has 2 N–H and O–H groups in total. The fourth-order valence-corrected chi connectivity index (χ4v) is 7.06. The molecule has 7 heteroatoms. The first-order chi connectivity index (χ1) is 18.9. The van der Waals surface area contributed by atoms with Gasteiger partial charge in [-0.25, -0.2) is 9.28 Å². The Balaban J connectivity index is 1.85. The molecule has 210 valence electrons. The van der Waals surface area contributed by atoms with Crippen LogP contribution in [-0.2, 0) is 19.1 Å². The summed E-state index contributed by atoms with van der Waals surface area (Å²) in [7, 11) is 0. The normalized spacial score (nSPS) is 27.2. The Hall–Kier alpha value is -3.39. The minimum absolute atomic E-state index is 0.0193. The maximum atomic E-state index is 14.7. The molecule has 4 atom stereocenters. The van der Waals surface area contributed by atoms with Crippen molar-refractivity contribution in [3.05, 3.63) is 77.4 Å². The van der Waals surface area contributed by atoms with E-state index < -0.39 is 29.3 Å². The van der Waals surface area contributed by atoms with E-state index in [1.165, 1.54) is 6.92 Å². The molecule has 0 aliphatic carbocycles. The van der Waals surface area contributed by atoms with E-state index in [2.05, 4.69) is 50.4 Å². The van der Waals surface area contributed by atoms with Gasteiger partial charge < -0.3 is 15.2 Å². The van der Waals surface area contributed by atoms with Gasteiger partial charge in [-0.05, 0) is 36.2 Å². The molecule has 3 aromatic carbocycles. The number of aliphatic carboxylic acids is 1. The molecule has 2 aliphatic rings. The standard InChI is InChI=1S/C33H38N2O5/c1-21-13-14-27-26(17-21)30(25-12-8-10-23-9-6-7-11-24(23)25)40-18-29(37)35(27,20-32(3,4)5)28-15-16-34-19-33(28,22(2)36)31(38)39/h6-14,17,28,30,34H,15-16,18-20H2,1-5H3/p+1/t28-,30?,33+,35?/m1/s1. The van der Waals surface area contributed by atoms with Crippen molar-refractivity contribution >= 4 is 34.1 Å². The first-order valence-electron chi connectivity index (χ1n) is 14.0. The second-order valence-corrected chi connectivity index (χ2v) is 12.6. The zero-order valence-corrected chi connectivity index (χ0v) is 24.0. The molecule has 2 heterocycles. The van der Waals surface area contributed by atoms with E-state index in [0.717, 1.165) is 33.2 Å². The number of carboxylic acid groups (broad SMARTS) is 1. The lowest BCUT2D eigenvalue weighted by Crippen LogP contribution is -2.75. The molecule has 0 saturated carbocycles. The molecule has 2 aliphatic heterocycles. The molecule has 1 fully saturated rings. The number of carboxylic acids is 1. The first-order valence-corrected chi connectivity index (χ1v) is 14.0. The van der Waals surface area contributed by atoms with E-state index in [4.69, 9.17) is 4.74 Å². The van der Waals surface area contributed by atoms with Crippen molar-refractivity contribution in [1.29, 1.82) is 0 Å². The van der Waals surface area contributed by atoms with Crippen LogP contribution in [0.2, 0.25) is 0 Å². The van der Waals surface area contributed by atoms with E-state index in [1.54, 1.807) is 0 Å². The van der Waals surface area contributed by atoms with Gasteiger partial charge in [0.25, 0.3) is 0 Å². The number of hydrogen-bond acceptors (Lipinski definition) is 5. The lowest BCUT2D eigenvalue weighted by atomic mass is 9.70. The fourth-order valence-electron chi connectivity index (χ4n) is 7.06. The van der Waals surface area contributed by atoms with Crippen molar-refractivity contribution in [3.63, 3.8) is 0 Å². The van der Waals surface area contributed by atoms with Crippen LogP contribution in [0, 0.1) is 17.8 Å². The highest BCUT2D eigenvalue weighted by molar-refractivity contribution is 6.05. The monoisotopic (exact) mass is 543 g/mol. The quantitative estimate of drug-likeness (QED) is 0.341. The third-order valence-electron chi connectivity index (χ3n) is 8.65. The van der Waals surface area contributed by atoms with Crippen LogP contribution in [0.4, 0.5) is 5.69 Å². The Morgan fingerprint density at radius 2 is 1.80 bits per heavy atom. The SMILES string of the molecule is CC(=O)[C@@]1(C(=O)O)CNCC[C@H]1[N+]1(CC(C)(C)C)C(=O)COC(c2cccc3ccccc23)c2cc(C)ccc21. The molecule has 0 aromatic heterocycles. The highest BCUT2D eigenvalue weighted by Crippen LogP contribution is 2.49. The Kier molecular flexibility index (Phi) is 7.19. The van der Waals surface area contributed by atoms with Crippen LogP contribution in [0.1, 0.15) is 56.9 Å². The summed E-state index contributed by atoms with van der Waals surface area (Å²) in [6, 6.07) is 19.4. The van der Waals surface area contributed by atoms with Gasteiger partial charge in [0.15, 0.2) is 17.8 Å². The van der Waals surface area contributed by atoms with Gasteiger partial charge in [0.2, 0.25) is 0 Å². The number of ether oxygens (including phenoxy) is 1. The van der Waals surface area contributed by atoms with Gasteiger partial charge in [0.1, 0.15) is 17.8 Å². The molecule has 2 unspecified atom stereocenters. The highest BCUT2D eigenvalue weighted by Gasteiger charge is 2.65. The number of amides is 1. The Bertz CT molecular complexity index is 1470. The van der Waals surface area contributed by atoms with Gasteiger partial charge in [-0.1, -0.05) is 74.9 Å². The third kappa shape index (κ3) is 4.46. The Morgan fingerprint density at radius 3 is 2.50 bits per heavy atom. The number of rotatable bonds is 5. The number of ketones is 1. The minimum atomic E-state index is -1.76. The number of nitrogens with zero attached hydrogens (tertiary/aromatic N) is 1. The second kappa shape index (κ2) is 10.2. The van der Waals surface area contributed by atoms with Crippen LogP contribution in [0.5, 0.6) is 0 Å². The van der Waals surface area contributed by atoms with Crippen molar-refractivity contribution in [1.82, 2.24) is 9.80 Å². The summed E-state index contributed by atoms with van der Waals surface area (Å²) in [6.07, 6.45) is -0.178. The van der Waals surface area contributed by atoms with Crippen LogP contribution in [0.15, 0.2) is 60.7 Å². The number of aryl methyl sites for hydroxylation is 1. The number of Topliss-reactive ketones (excluding diaryl/α,β-unsaturated/α-hetero) is 1. The molecule has 1 amide bonds. The molecular weight excluding hydrogens is 504 g/mol. The lowest BCUT2D eigenvalue weighted by Gasteiger charge is -2.51. The molecule has 5 rings (SSSR count). The number of fused-ring (bicyclic) bond motifs is 2. The van der Waals surface area contributed by atoms with Gasteiger partial charge >= 0.3 is 11.9 Å². The molecular formula is C33H39N2O5+. The number of carbonyl (C=O) groups is 3.